The van der Waals surface area contributed by atoms with E-state index in [-0.39, 0.29) is 10.8 Å². The molecule has 3 aromatic rings. The number of aromatic amines is 1. The van der Waals surface area contributed by atoms with Crippen LogP contribution in [0.2, 0.25) is 0 Å². The van der Waals surface area contributed by atoms with Crippen molar-refractivity contribution in [2.45, 2.75) is 25.6 Å². The Morgan fingerprint density at radius 2 is 1.96 bits per heavy atom. The van der Waals surface area contributed by atoms with E-state index in [0.717, 1.165) is 28.2 Å². The summed E-state index contributed by atoms with van der Waals surface area (Å²) in [7, 11) is 0. The smallest absolute Gasteiger partial charge is 0.307 e. The van der Waals surface area contributed by atoms with Gasteiger partial charge in [0.05, 0.1) is 12.7 Å². The summed E-state index contributed by atoms with van der Waals surface area (Å²) < 4.78 is 5.99. The molecule has 0 aliphatic carbocycles. The molecule has 0 saturated carbocycles. The second-order valence-electron chi connectivity index (χ2n) is 5.90. The molecule has 7 heteroatoms. The number of aromatic nitrogens is 2. The van der Waals surface area contributed by atoms with E-state index in [1.54, 1.807) is 13.1 Å². The second-order valence-corrected chi connectivity index (χ2v) is 6.91. The van der Waals surface area contributed by atoms with Gasteiger partial charge in [0.2, 0.25) is 5.88 Å². The largest absolute Gasteiger partial charge is 0.494 e. The van der Waals surface area contributed by atoms with E-state index in [0.29, 0.717) is 17.9 Å². The lowest BCUT2D eigenvalue weighted by molar-refractivity contribution is 0.0826. The van der Waals surface area contributed by atoms with Crippen LogP contribution in [0, 0.1) is 0 Å². The van der Waals surface area contributed by atoms with Gasteiger partial charge in [0.15, 0.2) is 0 Å². The van der Waals surface area contributed by atoms with Gasteiger partial charge in [0.25, 0.3) is 0 Å². The summed E-state index contributed by atoms with van der Waals surface area (Å²) in [5.74, 6) is -0.159. The lowest BCUT2D eigenvalue weighted by Gasteiger charge is -2.17. The van der Waals surface area contributed by atoms with Crippen LogP contribution < -0.4 is 4.87 Å². The number of rotatable bonds is 7. The topological polar surface area (TPSA) is 95.4 Å². The average Bonchev–Trinajstić information content (AvgIpc) is 2.98. The van der Waals surface area contributed by atoms with Crippen LogP contribution in [0.25, 0.3) is 0 Å². The lowest BCUT2D eigenvalue weighted by atomic mass is 10.1. The SMILES string of the molecule is C[C@H](O)c1ccc(CCOC(c2ccccc2)c2sc(=O)[nH]c2O)nc1. The van der Waals surface area contributed by atoms with E-state index in [4.69, 9.17) is 4.74 Å². The van der Waals surface area contributed by atoms with Gasteiger partial charge in [-0.05, 0) is 24.1 Å². The van der Waals surface area contributed by atoms with Crippen LogP contribution in [0.3, 0.4) is 0 Å². The third-order valence-electron chi connectivity index (χ3n) is 3.97. The zero-order chi connectivity index (χ0) is 18.5. The molecule has 0 bridgehead atoms. The summed E-state index contributed by atoms with van der Waals surface area (Å²) in [6, 6.07) is 13.1. The van der Waals surface area contributed by atoms with E-state index in [2.05, 4.69) is 9.97 Å². The van der Waals surface area contributed by atoms with Gasteiger partial charge in [-0.1, -0.05) is 47.7 Å². The highest BCUT2D eigenvalue weighted by Gasteiger charge is 2.21. The monoisotopic (exact) mass is 372 g/mol. The first-order valence-corrected chi connectivity index (χ1v) is 9.07. The molecule has 0 amide bonds. The molecular formula is C19H20N2O4S. The van der Waals surface area contributed by atoms with Crippen molar-refractivity contribution in [1.29, 1.82) is 0 Å². The summed E-state index contributed by atoms with van der Waals surface area (Å²) in [6.07, 6.45) is 1.15. The van der Waals surface area contributed by atoms with E-state index in [1.165, 1.54) is 0 Å². The van der Waals surface area contributed by atoms with E-state index in [1.807, 2.05) is 42.5 Å². The summed E-state index contributed by atoms with van der Waals surface area (Å²) in [6.45, 7) is 2.06. The van der Waals surface area contributed by atoms with Crippen molar-refractivity contribution < 1.29 is 14.9 Å². The van der Waals surface area contributed by atoms with Crippen LogP contribution in [0.5, 0.6) is 5.88 Å². The minimum Gasteiger partial charge on any atom is -0.494 e. The Labute approximate surface area is 154 Å². The summed E-state index contributed by atoms with van der Waals surface area (Å²) >= 11 is 0.939. The van der Waals surface area contributed by atoms with Crippen LogP contribution in [0.1, 0.15) is 40.8 Å². The van der Waals surface area contributed by atoms with Crippen LogP contribution in [-0.2, 0) is 11.2 Å². The number of aliphatic hydroxyl groups excluding tert-OH is 1. The zero-order valence-electron chi connectivity index (χ0n) is 14.3. The standard InChI is InChI=1S/C19H20N2O4S/c1-12(22)14-7-8-15(20-11-14)9-10-25-16(13-5-3-2-4-6-13)17-18(23)21-19(24)26-17/h2-8,11-12,16,22-23H,9-10H2,1H3,(H,21,24)/t12-,16?/m0/s1. The molecule has 136 valence electrons. The van der Waals surface area contributed by atoms with Crippen molar-refractivity contribution in [3.8, 4) is 5.88 Å². The first kappa shape index (κ1) is 18.3. The Bertz CT molecular complexity index is 888. The third kappa shape index (κ3) is 4.37. The third-order valence-corrected chi connectivity index (χ3v) is 4.88. The highest BCUT2D eigenvalue weighted by atomic mass is 32.1. The zero-order valence-corrected chi connectivity index (χ0v) is 15.1. The summed E-state index contributed by atoms with van der Waals surface area (Å²) in [4.78, 5) is 18.4. The minimum absolute atomic E-state index is 0.159. The quantitative estimate of drug-likeness (QED) is 0.593. The molecular weight excluding hydrogens is 352 g/mol. The molecule has 3 rings (SSSR count). The predicted molar refractivity (Wildman–Crippen MR) is 99.4 cm³/mol. The van der Waals surface area contributed by atoms with Crippen molar-refractivity contribution >= 4 is 11.3 Å². The normalized spacial score (nSPS) is 13.5. The van der Waals surface area contributed by atoms with Crippen LogP contribution in [-0.4, -0.2) is 26.8 Å². The Balaban J connectivity index is 1.72. The van der Waals surface area contributed by atoms with Gasteiger partial charge in [-0.25, -0.2) is 0 Å². The van der Waals surface area contributed by atoms with Crippen molar-refractivity contribution in [2.24, 2.45) is 0 Å². The van der Waals surface area contributed by atoms with Crippen molar-refractivity contribution in [2.75, 3.05) is 6.61 Å². The van der Waals surface area contributed by atoms with Gasteiger partial charge in [-0.3, -0.25) is 14.8 Å². The molecule has 6 nitrogen and oxygen atoms in total. The summed E-state index contributed by atoms with van der Waals surface area (Å²) in [5, 5.41) is 19.5. The van der Waals surface area contributed by atoms with Gasteiger partial charge in [-0.15, -0.1) is 0 Å². The number of aliphatic hydroxyl groups is 1. The van der Waals surface area contributed by atoms with Gasteiger partial charge >= 0.3 is 4.87 Å². The minimum atomic E-state index is -0.547. The van der Waals surface area contributed by atoms with E-state index < -0.39 is 12.2 Å². The van der Waals surface area contributed by atoms with Gasteiger partial charge < -0.3 is 14.9 Å². The Kier molecular flexibility index (Phi) is 5.82. The number of aromatic hydroxyl groups is 1. The van der Waals surface area contributed by atoms with Gasteiger partial charge in [0, 0.05) is 18.3 Å². The second kappa shape index (κ2) is 8.27. The first-order valence-electron chi connectivity index (χ1n) is 8.26. The molecule has 2 atom stereocenters. The Morgan fingerprint density at radius 1 is 1.19 bits per heavy atom. The number of H-pyrrole nitrogens is 1. The Hall–Kier alpha value is -2.48. The van der Waals surface area contributed by atoms with Crippen LogP contribution in [0.4, 0.5) is 0 Å². The molecule has 2 heterocycles. The van der Waals surface area contributed by atoms with Crippen molar-refractivity contribution in [3.63, 3.8) is 0 Å². The molecule has 1 aromatic carbocycles. The highest BCUT2D eigenvalue weighted by Crippen LogP contribution is 2.33. The molecule has 0 spiro atoms. The van der Waals surface area contributed by atoms with E-state index in [9.17, 15) is 15.0 Å². The van der Waals surface area contributed by atoms with Crippen molar-refractivity contribution in [3.05, 3.63) is 80.0 Å². The molecule has 0 aliphatic rings. The number of benzene rings is 1. The number of pyridine rings is 1. The lowest BCUT2D eigenvalue weighted by Crippen LogP contribution is -2.09. The number of ether oxygens (including phenoxy) is 1. The first-order chi connectivity index (χ1) is 12.5. The van der Waals surface area contributed by atoms with Crippen LogP contribution in [0.15, 0.2) is 53.5 Å². The summed E-state index contributed by atoms with van der Waals surface area (Å²) in [5.41, 5.74) is 2.46. The number of hydrogen-bond acceptors (Lipinski definition) is 6. The molecule has 2 aromatic heterocycles. The van der Waals surface area contributed by atoms with Crippen molar-refractivity contribution in [1.82, 2.24) is 9.97 Å². The number of thiazole rings is 1. The molecule has 26 heavy (non-hydrogen) atoms. The highest BCUT2D eigenvalue weighted by molar-refractivity contribution is 7.09. The van der Waals surface area contributed by atoms with Gasteiger partial charge in [0.1, 0.15) is 11.0 Å². The number of nitrogens with one attached hydrogen (secondary N) is 1. The maximum atomic E-state index is 11.5. The fourth-order valence-electron chi connectivity index (χ4n) is 2.57. The average molecular weight is 372 g/mol. The molecule has 3 N–H and O–H groups in total. The predicted octanol–water partition coefficient (Wildman–Crippen LogP) is 2.94. The van der Waals surface area contributed by atoms with Gasteiger partial charge in [-0.2, -0.15) is 0 Å². The fourth-order valence-corrected chi connectivity index (χ4v) is 3.38. The molecule has 0 fully saturated rings. The Morgan fingerprint density at radius 3 is 2.54 bits per heavy atom. The molecule has 0 aliphatic heterocycles. The maximum absolute atomic E-state index is 11.5. The fraction of sp³-hybridized carbons (Fsp3) is 0.263. The van der Waals surface area contributed by atoms with E-state index >= 15 is 0 Å². The molecule has 0 radical (unpaired) electrons. The van der Waals surface area contributed by atoms with Crippen LogP contribution >= 0.6 is 11.3 Å². The number of nitrogens with zero attached hydrogens (tertiary/aromatic N) is 1. The molecule has 1 unspecified atom stereocenters. The number of hydrogen-bond donors (Lipinski definition) is 3. The molecule has 0 saturated heterocycles. The maximum Gasteiger partial charge on any atom is 0.307 e.